The zero-order valence-electron chi connectivity index (χ0n) is 17.0. The molecule has 0 unspecified atom stereocenters. The van der Waals surface area contributed by atoms with E-state index in [0.29, 0.717) is 17.3 Å². The Bertz CT molecular complexity index is 724. The van der Waals surface area contributed by atoms with Gasteiger partial charge in [0.2, 0.25) is 11.8 Å². The van der Waals surface area contributed by atoms with Crippen LogP contribution in [0.15, 0.2) is 48.5 Å². The van der Waals surface area contributed by atoms with Crippen LogP contribution in [0, 0.1) is 5.41 Å². The van der Waals surface area contributed by atoms with E-state index >= 15 is 0 Å². The lowest BCUT2D eigenvalue weighted by Gasteiger charge is -2.23. The van der Waals surface area contributed by atoms with Crippen LogP contribution in [-0.4, -0.2) is 25.9 Å². The minimum absolute atomic E-state index is 0.345. The average Bonchev–Trinajstić information content (AvgIpc) is 2.62. The van der Waals surface area contributed by atoms with Crippen molar-refractivity contribution >= 4 is 28.9 Å². The molecule has 27 heavy (non-hydrogen) atoms. The van der Waals surface area contributed by atoms with E-state index in [1.54, 1.807) is 13.8 Å². The summed E-state index contributed by atoms with van der Waals surface area (Å²) in [5.41, 5.74) is 2.37. The molecule has 2 aromatic rings. The van der Waals surface area contributed by atoms with Gasteiger partial charge in [0.1, 0.15) is 5.41 Å². The zero-order chi connectivity index (χ0) is 20.2. The molecule has 0 aliphatic heterocycles. The maximum atomic E-state index is 12.6. The van der Waals surface area contributed by atoms with Crippen molar-refractivity contribution in [3.05, 3.63) is 54.1 Å². The van der Waals surface area contributed by atoms with Gasteiger partial charge in [0.05, 0.1) is 0 Å². The number of carbonyl (C=O) groups is 2. The summed E-state index contributed by atoms with van der Waals surface area (Å²) in [5.74, 6) is -0.269. The van der Waals surface area contributed by atoms with Crippen LogP contribution in [0.4, 0.5) is 17.1 Å². The average molecular weight is 367 g/mol. The largest absolute Gasteiger partial charge is 0.378 e. The van der Waals surface area contributed by atoms with E-state index in [-0.39, 0.29) is 11.8 Å². The number of hydrogen-bond donors (Lipinski definition) is 2. The minimum Gasteiger partial charge on any atom is -0.378 e. The summed E-state index contributed by atoms with van der Waals surface area (Å²) in [4.78, 5) is 27.3. The second kappa shape index (κ2) is 8.25. The van der Waals surface area contributed by atoms with Crippen molar-refractivity contribution in [2.75, 3.05) is 29.6 Å². The van der Waals surface area contributed by atoms with Crippen molar-refractivity contribution in [3.63, 3.8) is 0 Å². The first-order valence-electron chi connectivity index (χ1n) is 9.11. The summed E-state index contributed by atoms with van der Waals surface area (Å²) in [6.07, 6.45) is 0. The Morgan fingerprint density at radius 2 is 1.22 bits per heavy atom. The number of nitrogens with zero attached hydrogens (tertiary/aromatic N) is 1. The van der Waals surface area contributed by atoms with Crippen molar-refractivity contribution in [1.29, 1.82) is 0 Å². The fourth-order valence-corrected chi connectivity index (χ4v) is 2.47. The monoisotopic (exact) mass is 367 g/mol. The Hall–Kier alpha value is -2.82. The first-order valence-corrected chi connectivity index (χ1v) is 9.11. The molecule has 2 amide bonds. The molecule has 0 aromatic heterocycles. The topological polar surface area (TPSA) is 61.4 Å². The van der Waals surface area contributed by atoms with Crippen molar-refractivity contribution in [2.24, 2.45) is 5.41 Å². The molecule has 0 saturated carbocycles. The van der Waals surface area contributed by atoms with Crippen LogP contribution in [-0.2, 0) is 9.59 Å². The van der Waals surface area contributed by atoms with Crippen LogP contribution < -0.4 is 15.5 Å². The van der Waals surface area contributed by atoms with Gasteiger partial charge in [0.15, 0.2) is 0 Å². The van der Waals surface area contributed by atoms with Crippen LogP contribution >= 0.6 is 0 Å². The zero-order valence-corrected chi connectivity index (χ0v) is 17.0. The molecule has 2 N–H and O–H groups in total. The van der Waals surface area contributed by atoms with E-state index in [9.17, 15) is 9.59 Å². The number of anilines is 3. The second-order valence-corrected chi connectivity index (χ2v) is 7.75. The lowest BCUT2D eigenvalue weighted by molar-refractivity contribution is -0.135. The van der Waals surface area contributed by atoms with E-state index in [1.807, 2.05) is 67.5 Å². The first-order chi connectivity index (χ1) is 12.6. The van der Waals surface area contributed by atoms with Crippen LogP contribution in [0.5, 0.6) is 0 Å². The molecule has 0 radical (unpaired) electrons. The smallest absolute Gasteiger partial charge is 0.239 e. The third kappa shape index (κ3) is 5.09. The Morgan fingerprint density at radius 3 is 1.59 bits per heavy atom. The highest BCUT2D eigenvalue weighted by Crippen LogP contribution is 2.24. The molecule has 0 atom stereocenters. The van der Waals surface area contributed by atoms with Crippen molar-refractivity contribution < 1.29 is 9.59 Å². The Kier molecular flexibility index (Phi) is 6.26. The van der Waals surface area contributed by atoms with Gasteiger partial charge in [-0.1, -0.05) is 26.0 Å². The van der Waals surface area contributed by atoms with E-state index in [2.05, 4.69) is 24.5 Å². The molecule has 2 rings (SSSR count). The molecule has 5 nitrogen and oxygen atoms in total. The molecule has 0 fully saturated rings. The molecule has 0 aliphatic carbocycles. The molecule has 144 valence electrons. The Labute approximate surface area is 161 Å². The number of carbonyl (C=O) groups excluding carboxylic acids is 2. The highest BCUT2D eigenvalue weighted by Gasteiger charge is 2.36. The van der Waals surface area contributed by atoms with E-state index in [0.717, 1.165) is 5.69 Å². The summed E-state index contributed by atoms with van der Waals surface area (Å²) in [7, 11) is 3.91. The van der Waals surface area contributed by atoms with Gasteiger partial charge in [-0.2, -0.15) is 0 Å². The quantitative estimate of drug-likeness (QED) is 0.740. The molecular formula is C22H29N3O2. The highest BCUT2D eigenvalue weighted by atomic mass is 16.2. The van der Waals surface area contributed by atoms with Gasteiger partial charge in [-0.3, -0.25) is 9.59 Å². The lowest BCUT2D eigenvalue weighted by atomic mass is 9.90. The number of amides is 2. The van der Waals surface area contributed by atoms with Crippen LogP contribution in [0.3, 0.4) is 0 Å². The molecule has 0 spiro atoms. The van der Waals surface area contributed by atoms with Crippen molar-refractivity contribution in [2.45, 2.75) is 33.6 Å². The fourth-order valence-electron chi connectivity index (χ4n) is 2.47. The summed E-state index contributed by atoms with van der Waals surface area (Å²) < 4.78 is 0. The van der Waals surface area contributed by atoms with Gasteiger partial charge < -0.3 is 15.5 Å². The van der Waals surface area contributed by atoms with Crippen molar-refractivity contribution in [3.8, 4) is 0 Å². The summed E-state index contributed by atoms with van der Waals surface area (Å²) in [5, 5.41) is 5.65. The molecule has 0 saturated heterocycles. The standard InChI is InChI=1S/C22H29N3O2/c1-15(2)16-7-9-17(10-8-16)23-20(26)22(3,4)21(27)24-18-11-13-19(14-12-18)25(5)6/h7-15H,1-6H3,(H,23,26)(H,24,27). The third-order valence-corrected chi connectivity index (χ3v) is 4.61. The summed E-state index contributed by atoms with van der Waals surface area (Å²) >= 11 is 0. The van der Waals surface area contributed by atoms with E-state index < -0.39 is 5.41 Å². The van der Waals surface area contributed by atoms with Gasteiger partial charge in [0.25, 0.3) is 0 Å². The SMILES string of the molecule is CC(C)c1ccc(NC(=O)C(C)(C)C(=O)Nc2ccc(N(C)C)cc2)cc1. The van der Waals surface area contributed by atoms with Crippen LogP contribution in [0.25, 0.3) is 0 Å². The highest BCUT2D eigenvalue weighted by molar-refractivity contribution is 6.14. The molecule has 2 aromatic carbocycles. The Morgan fingerprint density at radius 1 is 0.815 bits per heavy atom. The molecule has 0 bridgehead atoms. The number of rotatable bonds is 6. The van der Waals surface area contributed by atoms with E-state index in [1.165, 1.54) is 5.56 Å². The van der Waals surface area contributed by atoms with Crippen LogP contribution in [0.1, 0.15) is 39.2 Å². The van der Waals surface area contributed by atoms with Gasteiger partial charge in [-0.25, -0.2) is 0 Å². The molecule has 0 heterocycles. The van der Waals surface area contributed by atoms with Gasteiger partial charge >= 0.3 is 0 Å². The van der Waals surface area contributed by atoms with Gasteiger partial charge in [0, 0.05) is 31.2 Å². The summed E-state index contributed by atoms with van der Waals surface area (Å²) in [6, 6.07) is 15.2. The molecular weight excluding hydrogens is 338 g/mol. The Balaban J connectivity index is 2.04. The third-order valence-electron chi connectivity index (χ3n) is 4.61. The van der Waals surface area contributed by atoms with Crippen LogP contribution in [0.2, 0.25) is 0 Å². The molecule has 0 aliphatic rings. The predicted octanol–water partition coefficient (Wildman–Crippen LogP) is 4.48. The van der Waals surface area contributed by atoms with E-state index in [4.69, 9.17) is 0 Å². The number of benzene rings is 2. The lowest BCUT2D eigenvalue weighted by Crippen LogP contribution is -2.41. The molecule has 5 heteroatoms. The second-order valence-electron chi connectivity index (χ2n) is 7.75. The maximum Gasteiger partial charge on any atom is 0.239 e. The number of nitrogens with one attached hydrogen (secondary N) is 2. The normalized spacial score (nSPS) is 11.2. The van der Waals surface area contributed by atoms with Gasteiger partial charge in [-0.15, -0.1) is 0 Å². The number of hydrogen-bond acceptors (Lipinski definition) is 3. The minimum atomic E-state index is -1.21. The maximum absolute atomic E-state index is 12.6. The van der Waals surface area contributed by atoms with Gasteiger partial charge in [-0.05, 0) is 61.7 Å². The first kappa shape index (κ1) is 20.5. The fraction of sp³-hybridized carbons (Fsp3) is 0.364. The summed E-state index contributed by atoms with van der Waals surface area (Å²) in [6.45, 7) is 7.47. The predicted molar refractivity (Wildman–Crippen MR) is 112 cm³/mol. The van der Waals surface area contributed by atoms with Crippen molar-refractivity contribution in [1.82, 2.24) is 0 Å².